The fraction of sp³-hybridized carbons (Fsp3) is 0.400. The summed E-state index contributed by atoms with van der Waals surface area (Å²) in [4.78, 5) is 11.9. The van der Waals surface area contributed by atoms with Gasteiger partial charge in [0.05, 0.1) is 25.3 Å². The molecule has 0 saturated carbocycles. The summed E-state index contributed by atoms with van der Waals surface area (Å²) in [6.07, 6.45) is 0.860. The average molecular weight is 340 g/mol. The first-order chi connectivity index (χ1) is 11.1. The number of hydrogen-bond donors (Lipinski definition) is 1. The number of rotatable bonds is 7. The van der Waals surface area contributed by atoms with Crippen molar-refractivity contribution in [3.05, 3.63) is 22.8 Å². The predicted molar refractivity (Wildman–Crippen MR) is 85.1 cm³/mol. The molecule has 0 radical (unpaired) electrons. The lowest BCUT2D eigenvalue weighted by molar-refractivity contribution is 0.0520. The summed E-state index contributed by atoms with van der Waals surface area (Å²) in [5, 5.41) is 10.6. The van der Waals surface area contributed by atoms with Gasteiger partial charge in [-0.1, -0.05) is 18.5 Å². The Hall–Kier alpha value is -2.28. The number of aromatic nitrogens is 3. The third-order valence-corrected chi connectivity index (χ3v) is 3.30. The molecule has 0 bridgehead atoms. The van der Waals surface area contributed by atoms with E-state index in [1.165, 1.54) is 7.11 Å². The number of H-pyrrole nitrogens is 1. The van der Waals surface area contributed by atoms with E-state index in [1.807, 2.05) is 6.92 Å². The van der Waals surface area contributed by atoms with Gasteiger partial charge in [-0.3, -0.25) is 0 Å². The van der Waals surface area contributed by atoms with Gasteiger partial charge in [0.1, 0.15) is 5.69 Å². The highest BCUT2D eigenvalue weighted by Gasteiger charge is 2.22. The van der Waals surface area contributed by atoms with Crippen molar-refractivity contribution in [1.82, 2.24) is 15.4 Å². The molecule has 0 aliphatic heterocycles. The number of carbonyl (C=O) groups is 1. The van der Waals surface area contributed by atoms with Crippen LogP contribution in [0.5, 0.6) is 11.5 Å². The minimum Gasteiger partial charge on any atom is -0.493 e. The van der Waals surface area contributed by atoms with Crippen LogP contribution in [0.2, 0.25) is 5.02 Å². The second kappa shape index (κ2) is 7.82. The van der Waals surface area contributed by atoms with E-state index >= 15 is 0 Å². The van der Waals surface area contributed by atoms with Gasteiger partial charge in [0.15, 0.2) is 17.2 Å². The van der Waals surface area contributed by atoms with Crippen molar-refractivity contribution >= 4 is 17.6 Å². The molecule has 2 rings (SSSR count). The van der Waals surface area contributed by atoms with E-state index in [9.17, 15) is 4.79 Å². The van der Waals surface area contributed by atoms with E-state index in [1.54, 1.807) is 19.1 Å². The Labute approximate surface area is 138 Å². The van der Waals surface area contributed by atoms with Gasteiger partial charge in [-0.15, -0.1) is 5.10 Å². The van der Waals surface area contributed by atoms with Gasteiger partial charge in [0.2, 0.25) is 0 Å². The first-order valence-corrected chi connectivity index (χ1v) is 7.58. The SMILES string of the molecule is CCCOc1cc(Cl)c(-c2n[nH]nc2C(=O)OCC)cc1OC. The van der Waals surface area contributed by atoms with E-state index in [2.05, 4.69) is 15.4 Å². The van der Waals surface area contributed by atoms with E-state index in [4.69, 9.17) is 25.8 Å². The largest absolute Gasteiger partial charge is 0.493 e. The molecule has 0 unspecified atom stereocenters. The first kappa shape index (κ1) is 17.1. The second-order valence-corrected chi connectivity index (χ2v) is 4.98. The molecule has 1 N–H and O–H groups in total. The monoisotopic (exact) mass is 339 g/mol. The maximum absolute atomic E-state index is 11.9. The summed E-state index contributed by atoms with van der Waals surface area (Å²) in [6, 6.07) is 3.29. The summed E-state index contributed by atoms with van der Waals surface area (Å²) in [5.41, 5.74) is 0.871. The van der Waals surface area contributed by atoms with Gasteiger partial charge in [0.25, 0.3) is 0 Å². The summed E-state index contributed by atoms with van der Waals surface area (Å²) in [5.74, 6) is 0.456. The Morgan fingerprint density at radius 3 is 2.70 bits per heavy atom. The summed E-state index contributed by atoms with van der Waals surface area (Å²) in [7, 11) is 1.53. The van der Waals surface area contributed by atoms with E-state index in [0.29, 0.717) is 34.4 Å². The Morgan fingerprint density at radius 1 is 1.26 bits per heavy atom. The molecule has 0 fully saturated rings. The molecular weight excluding hydrogens is 322 g/mol. The topological polar surface area (TPSA) is 86.3 Å². The quantitative estimate of drug-likeness (QED) is 0.780. The number of ether oxygens (including phenoxy) is 3. The van der Waals surface area contributed by atoms with Crippen molar-refractivity contribution in [1.29, 1.82) is 0 Å². The molecule has 0 aliphatic rings. The molecule has 8 heteroatoms. The van der Waals surface area contributed by atoms with Gasteiger partial charge in [-0.05, 0) is 19.4 Å². The van der Waals surface area contributed by atoms with Crippen molar-refractivity contribution in [3.8, 4) is 22.8 Å². The molecule has 124 valence electrons. The summed E-state index contributed by atoms with van der Waals surface area (Å²) < 4.78 is 15.9. The summed E-state index contributed by atoms with van der Waals surface area (Å²) in [6.45, 7) is 4.51. The molecule has 0 spiro atoms. The van der Waals surface area contributed by atoms with E-state index < -0.39 is 5.97 Å². The zero-order valence-electron chi connectivity index (χ0n) is 13.2. The molecule has 23 heavy (non-hydrogen) atoms. The molecule has 0 aliphatic carbocycles. The van der Waals surface area contributed by atoms with Crippen molar-refractivity contribution in [2.45, 2.75) is 20.3 Å². The Balaban J connectivity index is 2.44. The van der Waals surface area contributed by atoms with Crippen LogP contribution >= 0.6 is 11.6 Å². The third-order valence-electron chi connectivity index (χ3n) is 2.99. The number of esters is 1. The highest BCUT2D eigenvalue weighted by molar-refractivity contribution is 6.33. The molecule has 1 aromatic heterocycles. The van der Waals surface area contributed by atoms with Crippen LogP contribution in [0, 0.1) is 0 Å². The lowest BCUT2D eigenvalue weighted by atomic mass is 10.1. The summed E-state index contributed by atoms with van der Waals surface area (Å²) >= 11 is 6.31. The van der Waals surface area contributed by atoms with Crippen LogP contribution in [0.3, 0.4) is 0 Å². The average Bonchev–Trinajstić information content (AvgIpc) is 3.02. The van der Waals surface area contributed by atoms with Crippen molar-refractivity contribution in [3.63, 3.8) is 0 Å². The fourth-order valence-corrected chi connectivity index (χ4v) is 2.20. The van der Waals surface area contributed by atoms with Gasteiger partial charge in [-0.25, -0.2) is 4.79 Å². The molecule has 1 heterocycles. The van der Waals surface area contributed by atoms with E-state index in [-0.39, 0.29) is 12.3 Å². The molecule has 1 aromatic carbocycles. The molecular formula is C15H18ClN3O4. The van der Waals surface area contributed by atoms with Crippen LogP contribution in [-0.4, -0.2) is 41.7 Å². The highest BCUT2D eigenvalue weighted by atomic mass is 35.5. The minimum atomic E-state index is -0.572. The Morgan fingerprint density at radius 2 is 2.04 bits per heavy atom. The highest BCUT2D eigenvalue weighted by Crippen LogP contribution is 2.38. The smallest absolute Gasteiger partial charge is 0.361 e. The number of nitrogens with one attached hydrogen (secondary N) is 1. The molecule has 2 aromatic rings. The standard InChI is InChI=1S/C15H18ClN3O4/c1-4-6-23-12-8-10(16)9(7-11(12)21-3)13-14(18-19-17-13)15(20)22-5-2/h7-8H,4-6H2,1-3H3,(H,17,18,19). The number of methoxy groups -OCH3 is 1. The maximum atomic E-state index is 11.9. The van der Waals surface area contributed by atoms with Gasteiger partial charge >= 0.3 is 5.97 Å². The van der Waals surface area contributed by atoms with Crippen LogP contribution < -0.4 is 9.47 Å². The van der Waals surface area contributed by atoms with Crippen LogP contribution in [0.4, 0.5) is 0 Å². The zero-order chi connectivity index (χ0) is 16.8. The van der Waals surface area contributed by atoms with Crippen LogP contribution in [0.25, 0.3) is 11.3 Å². The second-order valence-electron chi connectivity index (χ2n) is 4.57. The third kappa shape index (κ3) is 3.73. The maximum Gasteiger partial charge on any atom is 0.361 e. The van der Waals surface area contributed by atoms with Crippen LogP contribution in [-0.2, 0) is 4.74 Å². The number of benzene rings is 1. The van der Waals surface area contributed by atoms with Crippen LogP contribution in [0.1, 0.15) is 30.8 Å². The Bertz CT molecular complexity index is 687. The van der Waals surface area contributed by atoms with Crippen molar-refractivity contribution < 1.29 is 19.0 Å². The van der Waals surface area contributed by atoms with Gasteiger partial charge < -0.3 is 14.2 Å². The number of carbonyl (C=O) groups excluding carboxylic acids is 1. The molecule has 0 atom stereocenters. The van der Waals surface area contributed by atoms with Crippen molar-refractivity contribution in [2.75, 3.05) is 20.3 Å². The van der Waals surface area contributed by atoms with Crippen LogP contribution in [0.15, 0.2) is 12.1 Å². The number of aromatic amines is 1. The van der Waals surface area contributed by atoms with Gasteiger partial charge in [0, 0.05) is 11.6 Å². The van der Waals surface area contributed by atoms with E-state index in [0.717, 1.165) is 6.42 Å². The molecule has 0 saturated heterocycles. The zero-order valence-corrected chi connectivity index (χ0v) is 13.9. The lowest BCUT2D eigenvalue weighted by Gasteiger charge is -2.12. The lowest BCUT2D eigenvalue weighted by Crippen LogP contribution is -2.07. The number of nitrogens with zero attached hydrogens (tertiary/aromatic N) is 2. The first-order valence-electron chi connectivity index (χ1n) is 7.20. The number of hydrogen-bond acceptors (Lipinski definition) is 6. The predicted octanol–water partition coefficient (Wildman–Crippen LogP) is 3.10. The molecule has 7 nitrogen and oxygen atoms in total. The van der Waals surface area contributed by atoms with Crippen molar-refractivity contribution in [2.24, 2.45) is 0 Å². The fourth-order valence-electron chi connectivity index (χ4n) is 1.96. The molecule has 0 amide bonds. The normalized spacial score (nSPS) is 10.4. The number of halogens is 1. The minimum absolute atomic E-state index is 0.0676. The van der Waals surface area contributed by atoms with Gasteiger partial charge in [-0.2, -0.15) is 10.3 Å². The Kier molecular flexibility index (Phi) is 5.81.